The molecule has 0 radical (unpaired) electrons. The number of carbonyl (C=O) groups excluding carboxylic acids is 1. The van der Waals surface area contributed by atoms with Crippen molar-refractivity contribution in [1.82, 2.24) is 20.1 Å². The molecule has 0 spiro atoms. The Morgan fingerprint density at radius 3 is 2.85 bits per heavy atom. The van der Waals surface area contributed by atoms with E-state index in [1.54, 1.807) is 12.3 Å². The van der Waals surface area contributed by atoms with Crippen LogP contribution in [0.4, 0.5) is 5.69 Å². The molecule has 1 amide bonds. The highest BCUT2D eigenvalue weighted by atomic mass is 16.1. The topological polar surface area (TPSA) is 118 Å². The molecule has 2 aromatic carbocycles. The van der Waals surface area contributed by atoms with E-state index in [4.69, 9.17) is 5.73 Å². The van der Waals surface area contributed by atoms with Crippen molar-refractivity contribution in [1.29, 1.82) is 0 Å². The predicted octanol–water partition coefficient (Wildman–Crippen LogP) is 3.33. The predicted molar refractivity (Wildman–Crippen MR) is 133 cm³/mol. The summed E-state index contributed by atoms with van der Waals surface area (Å²) in [5.41, 5.74) is 9.24. The van der Waals surface area contributed by atoms with E-state index in [0.29, 0.717) is 12.1 Å². The number of fused-ring (bicyclic) bond motifs is 1. The number of benzene rings is 2. The number of H-pyrrole nitrogens is 1. The Morgan fingerprint density at radius 1 is 1.12 bits per heavy atom. The van der Waals surface area contributed by atoms with Crippen LogP contribution in [-0.4, -0.2) is 32.8 Å². The van der Waals surface area contributed by atoms with Crippen LogP contribution in [0.5, 0.6) is 0 Å². The van der Waals surface area contributed by atoms with Gasteiger partial charge in [0, 0.05) is 53.2 Å². The summed E-state index contributed by atoms with van der Waals surface area (Å²) in [5.74, 6) is -0.607. The molecule has 1 aliphatic carbocycles. The average Bonchev–Trinajstić information content (AvgIpc) is 3.31. The standard InChI is InChI=1S/C26H28N6O2/c27-26(34)18-9-10-32(25(33)13-18)23-6-1-3-17(11-23)15-28-20-4-2-5-21(14-20)30-22-7-8-24-19(12-22)16-29-31-24/h1,3,6-13,16,20-21,28,30H,2,4-5,14-15H2,(H2,27,34)(H,29,31)/t20-,21+/m0/s1. The van der Waals surface area contributed by atoms with Gasteiger partial charge >= 0.3 is 0 Å². The largest absolute Gasteiger partial charge is 0.382 e. The molecule has 34 heavy (non-hydrogen) atoms. The molecule has 5 rings (SSSR count). The first-order valence-electron chi connectivity index (χ1n) is 11.6. The summed E-state index contributed by atoms with van der Waals surface area (Å²) in [4.78, 5) is 23.7. The lowest BCUT2D eigenvalue weighted by atomic mass is 9.90. The van der Waals surface area contributed by atoms with Gasteiger partial charge in [-0.2, -0.15) is 5.10 Å². The SMILES string of the molecule is NC(=O)c1ccn(-c2cccc(CN[C@H]3CCC[C@@H](Nc4ccc5[nH]ncc5c4)C3)c2)c(=O)c1. The zero-order valence-electron chi connectivity index (χ0n) is 18.8. The molecule has 5 N–H and O–H groups in total. The van der Waals surface area contributed by atoms with Gasteiger partial charge in [-0.1, -0.05) is 12.1 Å². The highest BCUT2D eigenvalue weighted by Gasteiger charge is 2.21. The van der Waals surface area contributed by atoms with Gasteiger partial charge in [0.25, 0.3) is 5.56 Å². The van der Waals surface area contributed by atoms with Crippen LogP contribution in [-0.2, 0) is 6.54 Å². The summed E-state index contributed by atoms with van der Waals surface area (Å²) in [6.45, 7) is 0.723. The molecule has 174 valence electrons. The quantitative estimate of drug-likeness (QED) is 0.340. The number of aromatic nitrogens is 3. The molecule has 0 unspecified atom stereocenters. The van der Waals surface area contributed by atoms with Crippen LogP contribution >= 0.6 is 0 Å². The number of primary amides is 1. The Kier molecular flexibility index (Phi) is 6.14. The van der Waals surface area contributed by atoms with Crippen LogP contribution in [0, 0.1) is 0 Å². The fourth-order valence-electron chi connectivity index (χ4n) is 4.70. The zero-order valence-corrected chi connectivity index (χ0v) is 18.8. The van der Waals surface area contributed by atoms with Crippen LogP contribution in [0.3, 0.4) is 0 Å². The Balaban J connectivity index is 1.21. The molecule has 1 aliphatic rings. The van der Waals surface area contributed by atoms with Crippen molar-refractivity contribution < 1.29 is 4.79 Å². The van der Waals surface area contributed by atoms with E-state index >= 15 is 0 Å². The Bertz CT molecular complexity index is 1370. The third kappa shape index (κ3) is 4.87. The molecular weight excluding hydrogens is 428 g/mol. The van der Waals surface area contributed by atoms with Gasteiger partial charge in [-0.3, -0.25) is 19.3 Å². The molecule has 1 fully saturated rings. The van der Waals surface area contributed by atoms with Gasteiger partial charge in [-0.25, -0.2) is 0 Å². The minimum absolute atomic E-state index is 0.212. The number of nitrogens with one attached hydrogen (secondary N) is 3. The monoisotopic (exact) mass is 456 g/mol. The van der Waals surface area contributed by atoms with Crippen LogP contribution in [0.25, 0.3) is 16.6 Å². The van der Waals surface area contributed by atoms with Crippen LogP contribution < -0.4 is 21.9 Å². The number of pyridine rings is 1. The number of rotatable bonds is 7. The first kappa shape index (κ1) is 21.9. The number of anilines is 1. The Morgan fingerprint density at radius 2 is 2.00 bits per heavy atom. The van der Waals surface area contributed by atoms with Crippen LogP contribution in [0.2, 0.25) is 0 Å². The molecule has 0 aliphatic heterocycles. The Labute approximate surface area is 197 Å². The van der Waals surface area contributed by atoms with Crippen LogP contribution in [0.1, 0.15) is 41.6 Å². The number of hydrogen-bond acceptors (Lipinski definition) is 5. The average molecular weight is 457 g/mol. The summed E-state index contributed by atoms with van der Waals surface area (Å²) in [6, 6.07) is 17.8. The second-order valence-electron chi connectivity index (χ2n) is 8.92. The molecule has 0 bridgehead atoms. The second kappa shape index (κ2) is 9.52. The van der Waals surface area contributed by atoms with Crippen molar-refractivity contribution in [3.05, 3.63) is 88.5 Å². The third-order valence-electron chi connectivity index (χ3n) is 6.47. The number of nitrogens with two attached hydrogens (primary N) is 1. The van der Waals surface area contributed by atoms with E-state index in [1.807, 2.05) is 24.4 Å². The summed E-state index contributed by atoms with van der Waals surface area (Å²) >= 11 is 0. The maximum Gasteiger partial charge on any atom is 0.255 e. The van der Waals surface area contributed by atoms with Gasteiger partial charge in [0.05, 0.1) is 11.7 Å². The van der Waals surface area contributed by atoms with Crippen LogP contribution in [0.15, 0.2) is 71.8 Å². The smallest absolute Gasteiger partial charge is 0.255 e. The van der Waals surface area contributed by atoms with Gasteiger partial charge in [-0.15, -0.1) is 0 Å². The minimum Gasteiger partial charge on any atom is -0.382 e. The normalized spacial score (nSPS) is 18.1. The lowest BCUT2D eigenvalue weighted by Crippen LogP contribution is -2.38. The highest BCUT2D eigenvalue weighted by Crippen LogP contribution is 2.24. The molecule has 0 saturated heterocycles. The minimum atomic E-state index is -0.607. The summed E-state index contributed by atoms with van der Waals surface area (Å²) in [6.07, 6.45) is 7.96. The van der Waals surface area contributed by atoms with E-state index in [2.05, 4.69) is 45.1 Å². The fourth-order valence-corrected chi connectivity index (χ4v) is 4.70. The van der Waals surface area contributed by atoms with Gasteiger partial charge < -0.3 is 16.4 Å². The lowest BCUT2D eigenvalue weighted by molar-refractivity contribution is 0.1000. The number of nitrogens with zero attached hydrogens (tertiary/aromatic N) is 2. The second-order valence-corrected chi connectivity index (χ2v) is 8.92. The summed E-state index contributed by atoms with van der Waals surface area (Å²) < 4.78 is 1.52. The van der Waals surface area contributed by atoms with Crippen molar-refractivity contribution >= 4 is 22.5 Å². The maximum absolute atomic E-state index is 12.4. The Hall–Kier alpha value is -3.91. The maximum atomic E-state index is 12.4. The van der Waals surface area contributed by atoms with E-state index in [1.165, 1.54) is 17.1 Å². The van der Waals surface area contributed by atoms with Gasteiger partial charge in [0.15, 0.2) is 0 Å². The van der Waals surface area contributed by atoms with Gasteiger partial charge in [0.1, 0.15) is 0 Å². The summed E-state index contributed by atoms with van der Waals surface area (Å²) in [7, 11) is 0. The molecule has 4 aromatic rings. The first-order valence-corrected chi connectivity index (χ1v) is 11.6. The molecule has 2 heterocycles. The van der Waals surface area contributed by atoms with Crippen molar-refractivity contribution in [3.8, 4) is 5.69 Å². The zero-order chi connectivity index (χ0) is 23.5. The van der Waals surface area contributed by atoms with E-state index < -0.39 is 5.91 Å². The van der Waals surface area contributed by atoms with Crippen molar-refractivity contribution in [3.63, 3.8) is 0 Å². The molecule has 2 aromatic heterocycles. The highest BCUT2D eigenvalue weighted by molar-refractivity contribution is 5.92. The number of amides is 1. The van der Waals surface area contributed by atoms with Crippen molar-refractivity contribution in [2.75, 3.05) is 5.32 Å². The van der Waals surface area contributed by atoms with Crippen molar-refractivity contribution in [2.24, 2.45) is 5.73 Å². The van der Waals surface area contributed by atoms with E-state index in [0.717, 1.165) is 53.6 Å². The van der Waals surface area contributed by atoms with E-state index in [-0.39, 0.29) is 11.1 Å². The number of aromatic amines is 1. The molecule has 1 saturated carbocycles. The van der Waals surface area contributed by atoms with E-state index in [9.17, 15) is 9.59 Å². The molecular formula is C26H28N6O2. The summed E-state index contributed by atoms with van der Waals surface area (Å²) in [5, 5.41) is 15.6. The lowest BCUT2D eigenvalue weighted by Gasteiger charge is -2.31. The molecule has 8 nitrogen and oxygen atoms in total. The third-order valence-corrected chi connectivity index (χ3v) is 6.47. The number of hydrogen-bond donors (Lipinski definition) is 4. The fraction of sp³-hybridized carbons (Fsp3) is 0.269. The molecule has 8 heteroatoms. The van der Waals surface area contributed by atoms with Crippen molar-refractivity contribution in [2.45, 2.75) is 44.3 Å². The first-order chi connectivity index (χ1) is 16.5. The number of carbonyl (C=O) groups is 1. The van der Waals surface area contributed by atoms with Gasteiger partial charge in [-0.05, 0) is 67.6 Å². The van der Waals surface area contributed by atoms with Gasteiger partial charge in [0.2, 0.25) is 5.91 Å². The molecule has 2 atom stereocenters.